The van der Waals surface area contributed by atoms with Crippen molar-refractivity contribution in [2.24, 2.45) is 5.92 Å². The van der Waals surface area contributed by atoms with Gasteiger partial charge in [0.15, 0.2) is 0 Å². The summed E-state index contributed by atoms with van der Waals surface area (Å²) < 4.78 is 134. The molecular formula is C12H17F6NO7S2. The summed E-state index contributed by atoms with van der Waals surface area (Å²) in [7, 11) is -10.6. The summed E-state index contributed by atoms with van der Waals surface area (Å²) in [4.78, 5) is 12.0. The van der Waals surface area contributed by atoms with Gasteiger partial charge in [-0.25, -0.2) is 8.42 Å². The molecule has 0 aromatic rings. The number of ether oxygens (including phenoxy) is 1. The number of hydrogen-bond donors (Lipinski definition) is 1. The molecule has 166 valence electrons. The van der Waals surface area contributed by atoms with Crippen molar-refractivity contribution >= 4 is 26.3 Å². The minimum Gasteiger partial charge on any atom is -0.438 e. The van der Waals surface area contributed by atoms with Crippen molar-refractivity contribution in [3.63, 3.8) is 0 Å². The molecule has 8 nitrogen and oxygen atoms in total. The normalized spacial score (nSPS) is 18.1. The van der Waals surface area contributed by atoms with Crippen LogP contribution in [0.25, 0.3) is 0 Å². The van der Waals surface area contributed by atoms with Crippen LogP contribution in [0.3, 0.4) is 0 Å². The summed E-state index contributed by atoms with van der Waals surface area (Å²) in [6.07, 6.45) is -11.5. The number of alkyl halides is 6. The molecule has 0 aliphatic heterocycles. The monoisotopic (exact) mass is 465 g/mol. The van der Waals surface area contributed by atoms with E-state index in [1.165, 1.54) is 0 Å². The van der Waals surface area contributed by atoms with Crippen LogP contribution in [0.2, 0.25) is 0 Å². The standard InChI is InChI=1S/C12H17F6NO7S2/c1-25-28(23,24)19-27(21,22)7-10(11(13,14)15,12(16,17)18)26-9(20)8-5-3-2-4-6-8/h8,19H,2-7H2,1H3. The van der Waals surface area contributed by atoms with Crippen LogP contribution >= 0.6 is 0 Å². The first kappa shape index (κ1) is 24.9. The Labute approximate surface area is 156 Å². The van der Waals surface area contributed by atoms with Gasteiger partial charge < -0.3 is 4.74 Å². The summed E-state index contributed by atoms with van der Waals surface area (Å²) in [5, 5.41) is 0. The van der Waals surface area contributed by atoms with Crippen LogP contribution in [-0.2, 0) is 34.0 Å². The van der Waals surface area contributed by atoms with E-state index in [9.17, 15) is 48.0 Å². The van der Waals surface area contributed by atoms with E-state index in [-0.39, 0.29) is 12.8 Å². The number of halogens is 6. The van der Waals surface area contributed by atoms with Gasteiger partial charge in [0.2, 0.25) is 10.0 Å². The minimum atomic E-state index is -6.42. The van der Waals surface area contributed by atoms with Gasteiger partial charge in [-0.05, 0) is 12.8 Å². The highest BCUT2D eigenvalue weighted by molar-refractivity contribution is 8.02. The number of carbonyl (C=O) groups is 1. The minimum absolute atomic E-state index is 0.0202. The maximum absolute atomic E-state index is 13.4. The molecule has 1 rings (SSSR count). The molecule has 0 unspecified atom stereocenters. The van der Waals surface area contributed by atoms with Gasteiger partial charge in [0.1, 0.15) is 5.75 Å². The third-order valence-corrected chi connectivity index (χ3v) is 7.03. The average molecular weight is 465 g/mol. The SMILES string of the molecule is COS(=O)(=O)NS(=O)(=O)CC(OC(=O)C1CCCCC1)(C(F)(F)F)C(F)(F)F. The van der Waals surface area contributed by atoms with Gasteiger partial charge in [-0.15, -0.1) is 0 Å². The van der Waals surface area contributed by atoms with Crippen molar-refractivity contribution in [1.82, 2.24) is 4.13 Å². The molecule has 0 bridgehead atoms. The first-order valence-corrected chi connectivity index (χ1v) is 10.7. The van der Waals surface area contributed by atoms with Crippen molar-refractivity contribution in [3.8, 4) is 0 Å². The zero-order valence-corrected chi connectivity index (χ0v) is 15.9. The van der Waals surface area contributed by atoms with Crippen molar-refractivity contribution in [2.75, 3.05) is 12.9 Å². The molecule has 0 aromatic heterocycles. The van der Waals surface area contributed by atoms with Crippen LogP contribution in [0, 0.1) is 5.92 Å². The van der Waals surface area contributed by atoms with E-state index in [0.717, 1.165) is 0 Å². The van der Waals surface area contributed by atoms with Gasteiger partial charge >= 0.3 is 34.2 Å². The molecule has 0 radical (unpaired) electrons. The zero-order valence-electron chi connectivity index (χ0n) is 14.3. The highest BCUT2D eigenvalue weighted by Crippen LogP contribution is 2.47. The predicted molar refractivity (Wildman–Crippen MR) is 80.4 cm³/mol. The van der Waals surface area contributed by atoms with Crippen molar-refractivity contribution < 1.29 is 56.9 Å². The van der Waals surface area contributed by atoms with Crippen LogP contribution in [-0.4, -0.2) is 53.6 Å². The molecule has 1 aliphatic carbocycles. The maximum Gasteiger partial charge on any atom is 0.438 e. The number of sulfonamides is 1. The Morgan fingerprint density at radius 1 is 0.964 bits per heavy atom. The molecule has 1 fully saturated rings. The van der Waals surface area contributed by atoms with E-state index >= 15 is 0 Å². The fourth-order valence-electron chi connectivity index (χ4n) is 2.55. The number of rotatable bonds is 7. The summed E-state index contributed by atoms with van der Waals surface area (Å²) in [5.74, 6) is -6.08. The Kier molecular flexibility index (Phi) is 7.40. The average Bonchev–Trinajstić information content (AvgIpc) is 2.51. The number of nitrogens with one attached hydrogen (secondary N) is 1. The fourth-order valence-corrected chi connectivity index (χ4v) is 5.22. The molecule has 16 heteroatoms. The summed E-state index contributed by atoms with van der Waals surface area (Å²) in [6, 6.07) is 0. The quantitative estimate of drug-likeness (QED) is 0.450. The van der Waals surface area contributed by atoms with E-state index in [2.05, 4.69) is 8.92 Å². The lowest BCUT2D eigenvalue weighted by molar-refractivity contribution is -0.362. The van der Waals surface area contributed by atoms with Crippen molar-refractivity contribution in [2.45, 2.75) is 50.1 Å². The van der Waals surface area contributed by atoms with Gasteiger partial charge in [-0.1, -0.05) is 23.4 Å². The van der Waals surface area contributed by atoms with E-state index in [4.69, 9.17) is 0 Å². The lowest BCUT2D eigenvalue weighted by Crippen LogP contribution is -2.65. The first-order valence-electron chi connectivity index (χ1n) is 7.64. The third kappa shape index (κ3) is 5.93. The molecule has 0 spiro atoms. The number of hydrogen-bond acceptors (Lipinski definition) is 7. The van der Waals surface area contributed by atoms with Crippen LogP contribution in [0.1, 0.15) is 32.1 Å². The Balaban J connectivity index is 3.37. The van der Waals surface area contributed by atoms with E-state index in [0.29, 0.717) is 30.5 Å². The van der Waals surface area contributed by atoms with Crippen LogP contribution in [0.5, 0.6) is 0 Å². The zero-order chi connectivity index (χ0) is 22.0. The Bertz CT molecular complexity index is 755. The second kappa shape index (κ2) is 8.31. The highest BCUT2D eigenvalue weighted by Gasteiger charge is 2.76. The highest BCUT2D eigenvalue weighted by atomic mass is 32.3. The Morgan fingerprint density at radius 2 is 1.43 bits per heavy atom. The van der Waals surface area contributed by atoms with Crippen LogP contribution < -0.4 is 4.13 Å². The van der Waals surface area contributed by atoms with Gasteiger partial charge in [0.05, 0.1) is 13.0 Å². The molecule has 0 aromatic carbocycles. The topological polar surface area (TPSA) is 116 Å². The predicted octanol–water partition coefficient (Wildman–Crippen LogP) is 1.78. The lowest BCUT2D eigenvalue weighted by Gasteiger charge is -2.37. The van der Waals surface area contributed by atoms with Crippen molar-refractivity contribution in [1.29, 1.82) is 0 Å². The van der Waals surface area contributed by atoms with Gasteiger partial charge in [0, 0.05) is 0 Å². The molecule has 28 heavy (non-hydrogen) atoms. The number of esters is 1. The van der Waals surface area contributed by atoms with Crippen molar-refractivity contribution in [3.05, 3.63) is 0 Å². The van der Waals surface area contributed by atoms with E-state index < -0.39 is 55.9 Å². The van der Waals surface area contributed by atoms with Crippen LogP contribution in [0.4, 0.5) is 26.3 Å². The van der Waals surface area contributed by atoms with Gasteiger partial charge in [-0.2, -0.15) is 34.8 Å². The smallest absolute Gasteiger partial charge is 0.438 e. The molecular weight excluding hydrogens is 448 g/mol. The second-order valence-electron chi connectivity index (χ2n) is 6.04. The molecule has 0 amide bonds. The first-order chi connectivity index (χ1) is 12.5. The Hall–Kier alpha value is -1.13. The van der Waals surface area contributed by atoms with Crippen LogP contribution in [0.15, 0.2) is 0 Å². The van der Waals surface area contributed by atoms with Gasteiger partial charge in [0.25, 0.3) is 0 Å². The third-order valence-electron chi connectivity index (χ3n) is 3.97. The molecule has 1 saturated carbocycles. The van der Waals surface area contributed by atoms with E-state index in [1.807, 2.05) is 0 Å². The largest absolute Gasteiger partial charge is 0.438 e. The summed E-state index contributed by atoms with van der Waals surface area (Å²) in [6.45, 7) is 0. The molecule has 0 saturated heterocycles. The molecule has 0 heterocycles. The lowest BCUT2D eigenvalue weighted by atomic mass is 9.89. The Morgan fingerprint density at radius 3 is 1.82 bits per heavy atom. The van der Waals surface area contributed by atoms with E-state index in [1.54, 1.807) is 0 Å². The molecule has 1 aliphatic rings. The molecule has 1 N–H and O–H groups in total. The molecule has 0 atom stereocenters. The second-order valence-corrected chi connectivity index (χ2v) is 9.47. The summed E-state index contributed by atoms with van der Waals surface area (Å²) >= 11 is 0. The summed E-state index contributed by atoms with van der Waals surface area (Å²) in [5.41, 5.74) is -5.47. The number of carbonyl (C=O) groups excluding carboxylic acids is 1. The fraction of sp³-hybridized carbons (Fsp3) is 0.917. The maximum atomic E-state index is 13.4. The van der Waals surface area contributed by atoms with Gasteiger partial charge in [-0.3, -0.25) is 8.98 Å².